The van der Waals surface area contributed by atoms with Crippen LogP contribution in [0.15, 0.2) is 12.1 Å². The lowest BCUT2D eigenvalue weighted by Gasteiger charge is -2.53. The third-order valence-corrected chi connectivity index (χ3v) is 6.10. The molecule has 0 bridgehead atoms. The maximum Gasteiger partial charge on any atom is 0.219 e. The lowest BCUT2D eigenvalue weighted by molar-refractivity contribution is -0.143. The van der Waals surface area contributed by atoms with E-state index in [-0.39, 0.29) is 12.0 Å². The fraction of sp³-hybridized carbons (Fsp3) is 0.769. The first-order valence-corrected chi connectivity index (χ1v) is 12.0. The lowest BCUT2D eigenvalue weighted by Crippen LogP contribution is -2.58. The molecule has 2 fully saturated rings. The zero-order valence-electron chi connectivity index (χ0n) is 21.0. The van der Waals surface area contributed by atoms with Crippen LogP contribution in [-0.2, 0) is 4.79 Å². The second kappa shape index (κ2) is 12.3. The molecule has 172 valence electrons. The first kappa shape index (κ1) is 26.5. The Hall–Kier alpha value is -1.58. The Morgan fingerprint density at radius 1 is 1.17 bits per heavy atom. The Kier molecular flexibility index (Phi) is 10.9. The fourth-order valence-electron chi connectivity index (χ4n) is 4.00. The number of ether oxygens (including phenoxy) is 1. The predicted molar refractivity (Wildman–Crippen MR) is 127 cm³/mol. The summed E-state index contributed by atoms with van der Waals surface area (Å²) in [5.41, 5.74) is 2.79. The Bertz CT molecular complexity index is 638. The van der Waals surface area contributed by atoms with Crippen molar-refractivity contribution < 1.29 is 9.53 Å². The molecule has 1 saturated carbocycles. The number of carbonyl (C=O) groups excluding carboxylic acids is 1. The molecular formula is C26H46N2O2. The molecule has 2 aliphatic rings. The molecule has 1 saturated heterocycles. The maximum absolute atomic E-state index is 11.4. The maximum atomic E-state index is 11.4. The minimum absolute atomic E-state index is 0.152. The van der Waals surface area contributed by atoms with Gasteiger partial charge in [0.15, 0.2) is 0 Å². The van der Waals surface area contributed by atoms with Gasteiger partial charge in [0.05, 0.1) is 6.10 Å². The zero-order chi connectivity index (χ0) is 22.9. The smallest absolute Gasteiger partial charge is 0.219 e. The fourth-order valence-corrected chi connectivity index (χ4v) is 4.00. The normalized spacial score (nSPS) is 17.6. The quantitative estimate of drug-likeness (QED) is 0.542. The highest BCUT2D eigenvalue weighted by atomic mass is 16.5. The van der Waals surface area contributed by atoms with E-state index in [4.69, 9.17) is 9.72 Å². The van der Waals surface area contributed by atoms with E-state index >= 15 is 0 Å². The van der Waals surface area contributed by atoms with Gasteiger partial charge in [0.2, 0.25) is 11.8 Å². The summed E-state index contributed by atoms with van der Waals surface area (Å²) in [4.78, 5) is 18.1. The van der Waals surface area contributed by atoms with Gasteiger partial charge in [-0.2, -0.15) is 0 Å². The largest absolute Gasteiger partial charge is 0.475 e. The van der Waals surface area contributed by atoms with Crippen LogP contribution in [0.5, 0.6) is 5.88 Å². The second-order valence-corrected chi connectivity index (χ2v) is 9.53. The van der Waals surface area contributed by atoms with Gasteiger partial charge in [-0.1, -0.05) is 41.0 Å². The lowest BCUT2D eigenvalue weighted by atomic mass is 9.65. The first-order valence-electron chi connectivity index (χ1n) is 12.0. The number of amides is 1. The number of carbonyl (C=O) groups is 1. The summed E-state index contributed by atoms with van der Waals surface area (Å²) in [5, 5.41) is 0. The van der Waals surface area contributed by atoms with Crippen molar-refractivity contribution in [2.45, 2.75) is 106 Å². The minimum atomic E-state index is 0.152. The van der Waals surface area contributed by atoms with Gasteiger partial charge in [-0.05, 0) is 64.0 Å². The Morgan fingerprint density at radius 3 is 2.13 bits per heavy atom. The van der Waals surface area contributed by atoms with E-state index in [9.17, 15) is 4.79 Å². The van der Waals surface area contributed by atoms with Crippen molar-refractivity contribution in [2.75, 3.05) is 13.1 Å². The van der Waals surface area contributed by atoms with E-state index in [1.165, 1.54) is 43.4 Å². The number of pyridine rings is 1. The molecule has 0 N–H and O–H groups in total. The molecule has 0 unspecified atom stereocenters. The van der Waals surface area contributed by atoms with Gasteiger partial charge in [0.1, 0.15) is 0 Å². The Balaban J connectivity index is 0.000000565. The average Bonchev–Trinajstić information content (AvgIpc) is 2.67. The molecule has 2 heterocycles. The molecule has 4 heteroatoms. The topological polar surface area (TPSA) is 42.4 Å². The van der Waals surface area contributed by atoms with Crippen molar-refractivity contribution >= 4 is 5.91 Å². The van der Waals surface area contributed by atoms with Gasteiger partial charge in [-0.15, -0.1) is 0 Å². The number of aromatic nitrogens is 1. The zero-order valence-corrected chi connectivity index (χ0v) is 21.0. The van der Waals surface area contributed by atoms with Gasteiger partial charge in [0, 0.05) is 43.1 Å². The minimum Gasteiger partial charge on any atom is -0.475 e. The molecule has 1 aromatic heterocycles. The van der Waals surface area contributed by atoms with Crippen LogP contribution in [0, 0.1) is 18.3 Å². The molecule has 1 aromatic rings. The SMILES string of the molecule is CC.CC(=O)N1CC2(CCC(c3cc(C)cc(OC(C)C)n3)CC2)C1.CCC(C)C. The van der Waals surface area contributed by atoms with Crippen molar-refractivity contribution in [3.05, 3.63) is 23.4 Å². The summed E-state index contributed by atoms with van der Waals surface area (Å²) in [7, 11) is 0. The highest BCUT2D eigenvalue weighted by Crippen LogP contribution is 2.48. The van der Waals surface area contributed by atoms with Crippen molar-refractivity contribution in [2.24, 2.45) is 11.3 Å². The van der Waals surface area contributed by atoms with E-state index in [1.54, 1.807) is 6.92 Å². The number of nitrogens with zero attached hydrogens (tertiary/aromatic N) is 2. The van der Waals surface area contributed by atoms with E-state index in [1.807, 2.05) is 38.7 Å². The van der Waals surface area contributed by atoms with Crippen molar-refractivity contribution in [3.8, 4) is 5.88 Å². The van der Waals surface area contributed by atoms with Crippen molar-refractivity contribution in [3.63, 3.8) is 0 Å². The predicted octanol–water partition coefficient (Wildman–Crippen LogP) is 6.76. The van der Waals surface area contributed by atoms with Crippen LogP contribution in [0.25, 0.3) is 0 Å². The van der Waals surface area contributed by atoms with Gasteiger partial charge >= 0.3 is 0 Å². The van der Waals surface area contributed by atoms with Crippen molar-refractivity contribution in [1.82, 2.24) is 9.88 Å². The van der Waals surface area contributed by atoms with E-state index < -0.39 is 0 Å². The van der Waals surface area contributed by atoms with Crippen molar-refractivity contribution in [1.29, 1.82) is 0 Å². The number of hydrogen-bond donors (Lipinski definition) is 0. The van der Waals surface area contributed by atoms with Crippen LogP contribution in [0.4, 0.5) is 0 Å². The number of aryl methyl sites for hydroxylation is 1. The standard InChI is InChI=1S/C19H28N2O2.C5H12.C2H6/c1-13(2)23-18-10-14(3)9-17(20-18)16-5-7-19(8-6-16)11-21(12-19)15(4)22;1-4-5(2)3;1-2/h9-10,13,16H,5-8,11-12H2,1-4H3;5H,4H2,1-3H3;1-2H3. The Labute approximate surface area is 185 Å². The van der Waals surface area contributed by atoms with Crippen LogP contribution in [-0.4, -0.2) is 35.0 Å². The van der Waals surface area contributed by atoms with Crippen LogP contribution in [0.2, 0.25) is 0 Å². The summed E-state index contributed by atoms with van der Waals surface area (Å²) in [6.45, 7) is 20.4. The number of hydrogen-bond acceptors (Lipinski definition) is 3. The summed E-state index contributed by atoms with van der Waals surface area (Å²) < 4.78 is 5.78. The monoisotopic (exact) mass is 418 g/mol. The van der Waals surface area contributed by atoms with Crippen LogP contribution < -0.4 is 4.74 Å². The van der Waals surface area contributed by atoms with Gasteiger partial charge < -0.3 is 9.64 Å². The van der Waals surface area contributed by atoms with Crippen LogP contribution >= 0.6 is 0 Å². The third kappa shape index (κ3) is 7.92. The molecule has 1 aliphatic carbocycles. The number of likely N-dealkylation sites (tertiary alicyclic amines) is 1. The summed E-state index contributed by atoms with van der Waals surface area (Å²) in [6.07, 6.45) is 6.21. The third-order valence-electron chi connectivity index (χ3n) is 6.10. The average molecular weight is 419 g/mol. The van der Waals surface area contributed by atoms with Gasteiger partial charge in [0.25, 0.3) is 0 Å². The molecule has 1 aliphatic heterocycles. The van der Waals surface area contributed by atoms with E-state index in [0.717, 1.165) is 24.9 Å². The molecule has 1 amide bonds. The molecule has 30 heavy (non-hydrogen) atoms. The highest BCUT2D eigenvalue weighted by molar-refractivity contribution is 5.74. The summed E-state index contributed by atoms with van der Waals surface area (Å²) in [6, 6.07) is 4.23. The molecule has 0 aromatic carbocycles. The van der Waals surface area contributed by atoms with Gasteiger partial charge in [-0.3, -0.25) is 4.79 Å². The highest BCUT2D eigenvalue weighted by Gasteiger charge is 2.46. The molecule has 0 radical (unpaired) electrons. The molecule has 0 atom stereocenters. The summed E-state index contributed by atoms with van der Waals surface area (Å²) in [5.74, 6) is 2.38. The summed E-state index contributed by atoms with van der Waals surface area (Å²) >= 11 is 0. The molecular weight excluding hydrogens is 372 g/mol. The second-order valence-electron chi connectivity index (χ2n) is 9.53. The molecule has 4 nitrogen and oxygen atoms in total. The molecule has 3 rings (SSSR count). The Morgan fingerprint density at radius 2 is 1.70 bits per heavy atom. The first-order chi connectivity index (χ1) is 14.1. The van der Waals surface area contributed by atoms with E-state index in [2.05, 4.69) is 33.8 Å². The van der Waals surface area contributed by atoms with E-state index in [0.29, 0.717) is 11.3 Å². The van der Waals surface area contributed by atoms with Crippen LogP contribution in [0.3, 0.4) is 0 Å². The van der Waals surface area contributed by atoms with Gasteiger partial charge in [-0.25, -0.2) is 4.98 Å². The van der Waals surface area contributed by atoms with Crippen LogP contribution in [0.1, 0.15) is 105 Å². The number of rotatable bonds is 4. The molecule has 1 spiro atoms.